The van der Waals surface area contributed by atoms with Gasteiger partial charge in [0.15, 0.2) is 9.84 Å². The van der Waals surface area contributed by atoms with Crippen molar-refractivity contribution in [3.63, 3.8) is 0 Å². The number of likely N-dealkylation sites (tertiary alicyclic amines) is 1. The highest BCUT2D eigenvalue weighted by Gasteiger charge is 2.23. The highest BCUT2D eigenvalue weighted by Crippen LogP contribution is 2.28. The predicted molar refractivity (Wildman–Crippen MR) is 107 cm³/mol. The van der Waals surface area contributed by atoms with Gasteiger partial charge in [0, 0.05) is 36.0 Å². The Morgan fingerprint density at radius 2 is 2.04 bits per heavy atom. The van der Waals surface area contributed by atoms with E-state index in [0.717, 1.165) is 45.3 Å². The molecule has 0 aliphatic carbocycles. The zero-order chi connectivity index (χ0) is 19.4. The van der Waals surface area contributed by atoms with Gasteiger partial charge in [0.1, 0.15) is 4.90 Å². The van der Waals surface area contributed by atoms with E-state index < -0.39 is 14.8 Å². The summed E-state index contributed by atoms with van der Waals surface area (Å²) in [6, 6.07) is 8.42. The second-order valence-electron chi connectivity index (χ2n) is 6.89. The van der Waals surface area contributed by atoms with E-state index in [9.17, 15) is 18.5 Å². The van der Waals surface area contributed by atoms with Crippen LogP contribution in [0.4, 0.5) is 11.4 Å². The van der Waals surface area contributed by atoms with Crippen LogP contribution in [-0.2, 0) is 16.4 Å². The maximum Gasteiger partial charge on any atom is 0.288 e. The Morgan fingerprint density at radius 3 is 2.63 bits per heavy atom. The summed E-state index contributed by atoms with van der Waals surface area (Å²) >= 11 is 1.78. The van der Waals surface area contributed by atoms with Crippen LogP contribution in [0.15, 0.2) is 40.6 Å². The molecule has 1 aromatic carbocycles. The summed E-state index contributed by atoms with van der Waals surface area (Å²) < 4.78 is 23.7. The monoisotopic (exact) mass is 409 g/mol. The Morgan fingerprint density at radius 1 is 1.30 bits per heavy atom. The van der Waals surface area contributed by atoms with Crippen LogP contribution >= 0.6 is 11.3 Å². The Labute approximate surface area is 163 Å². The molecule has 0 spiro atoms. The molecule has 1 saturated heterocycles. The van der Waals surface area contributed by atoms with Crippen LogP contribution in [0.1, 0.15) is 17.7 Å². The minimum Gasteiger partial charge on any atom is -0.385 e. The van der Waals surface area contributed by atoms with E-state index in [1.54, 1.807) is 17.4 Å². The third-order valence-electron chi connectivity index (χ3n) is 4.82. The molecule has 1 N–H and O–H groups in total. The quantitative estimate of drug-likeness (QED) is 0.557. The van der Waals surface area contributed by atoms with Gasteiger partial charge >= 0.3 is 0 Å². The number of sulfone groups is 1. The molecule has 1 aliphatic rings. The summed E-state index contributed by atoms with van der Waals surface area (Å²) in [6.07, 6.45) is 3.14. The van der Waals surface area contributed by atoms with E-state index >= 15 is 0 Å². The maximum atomic E-state index is 11.8. The van der Waals surface area contributed by atoms with Crippen molar-refractivity contribution in [2.45, 2.75) is 24.3 Å². The zero-order valence-corrected chi connectivity index (χ0v) is 16.8. The molecule has 2 aromatic rings. The van der Waals surface area contributed by atoms with Crippen molar-refractivity contribution in [2.75, 3.05) is 31.2 Å². The number of nitro benzene ring substituents is 1. The fourth-order valence-electron chi connectivity index (χ4n) is 3.31. The molecule has 3 rings (SSSR count). The van der Waals surface area contributed by atoms with Gasteiger partial charge in [-0.1, -0.05) is 6.07 Å². The fourth-order valence-corrected chi connectivity index (χ4v) is 4.92. The number of anilines is 1. The Kier molecular flexibility index (Phi) is 6.13. The fraction of sp³-hybridized carbons (Fsp3) is 0.444. The van der Waals surface area contributed by atoms with E-state index in [4.69, 9.17) is 0 Å². The van der Waals surface area contributed by atoms with Crippen LogP contribution in [0.5, 0.6) is 0 Å². The molecule has 27 heavy (non-hydrogen) atoms. The van der Waals surface area contributed by atoms with Crippen molar-refractivity contribution in [3.8, 4) is 0 Å². The molecule has 7 nitrogen and oxygen atoms in total. The van der Waals surface area contributed by atoms with Gasteiger partial charge in [-0.05, 0) is 55.4 Å². The first-order valence-corrected chi connectivity index (χ1v) is 11.6. The number of hydrogen-bond acceptors (Lipinski definition) is 7. The minimum absolute atomic E-state index is 0.247. The van der Waals surface area contributed by atoms with E-state index in [-0.39, 0.29) is 10.6 Å². The summed E-state index contributed by atoms with van der Waals surface area (Å²) in [5.74, 6) is 0.501. The number of piperidine rings is 1. The second-order valence-corrected chi connectivity index (χ2v) is 9.91. The molecule has 0 unspecified atom stereocenters. The molecule has 1 aliphatic heterocycles. The lowest BCUT2D eigenvalue weighted by Crippen LogP contribution is -2.35. The molecule has 0 saturated carbocycles. The molecule has 0 radical (unpaired) electrons. The lowest BCUT2D eigenvalue weighted by molar-refractivity contribution is -0.387. The first-order chi connectivity index (χ1) is 12.8. The Balaban J connectivity index is 1.55. The van der Waals surface area contributed by atoms with Crippen molar-refractivity contribution < 1.29 is 13.3 Å². The van der Waals surface area contributed by atoms with Crippen LogP contribution in [0, 0.1) is 16.0 Å². The van der Waals surface area contributed by atoms with Gasteiger partial charge in [-0.3, -0.25) is 15.0 Å². The zero-order valence-electron chi connectivity index (χ0n) is 15.1. The van der Waals surface area contributed by atoms with Crippen molar-refractivity contribution >= 4 is 32.5 Å². The first-order valence-electron chi connectivity index (χ1n) is 8.80. The number of benzene rings is 1. The van der Waals surface area contributed by atoms with Gasteiger partial charge in [0.05, 0.1) is 4.92 Å². The van der Waals surface area contributed by atoms with Gasteiger partial charge in [0.25, 0.3) is 5.69 Å². The largest absolute Gasteiger partial charge is 0.385 e. The van der Waals surface area contributed by atoms with Crippen molar-refractivity contribution in [2.24, 2.45) is 5.92 Å². The number of nitro groups is 1. The van der Waals surface area contributed by atoms with Crippen LogP contribution in [0.3, 0.4) is 0 Å². The maximum absolute atomic E-state index is 11.8. The van der Waals surface area contributed by atoms with Crippen molar-refractivity contribution in [3.05, 3.63) is 50.7 Å². The van der Waals surface area contributed by atoms with Crippen LogP contribution in [-0.4, -0.2) is 44.1 Å². The highest BCUT2D eigenvalue weighted by molar-refractivity contribution is 7.90. The molecule has 146 valence electrons. The number of nitrogens with zero attached hydrogens (tertiary/aromatic N) is 2. The molecule has 0 amide bonds. The third-order valence-corrected chi connectivity index (χ3v) is 6.80. The van der Waals surface area contributed by atoms with E-state index in [2.05, 4.69) is 27.7 Å². The summed E-state index contributed by atoms with van der Waals surface area (Å²) in [5, 5.41) is 16.4. The van der Waals surface area contributed by atoms with Gasteiger partial charge in [-0.15, -0.1) is 11.3 Å². The normalized spacial score (nSPS) is 16.3. The predicted octanol–water partition coefficient (Wildman–Crippen LogP) is 3.38. The van der Waals surface area contributed by atoms with E-state index in [1.165, 1.54) is 17.0 Å². The van der Waals surface area contributed by atoms with Crippen LogP contribution in [0.2, 0.25) is 0 Å². The number of thiophene rings is 1. The van der Waals surface area contributed by atoms with Gasteiger partial charge in [-0.25, -0.2) is 8.42 Å². The molecular weight excluding hydrogens is 386 g/mol. The molecule has 2 heterocycles. The summed E-state index contributed by atoms with van der Waals surface area (Å²) in [5.41, 5.74) is 0.215. The smallest absolute Gasteiger partial charge is 0.288 e. The van der Waals surface area contributed by atoms with Crippen LogP contribution in [0.25, 0.3) is 0 Å². The molecule has 1 fully saturated rings. The van der Waals surface area contributed by atoms with Gasteiger partial charge in [-0.2, -0.15) is 0 Å². The lowest BCUT2D eigenvalue weighted by atomic mass is 9.96. The molecule has 0 bridgehead atoms. The van der Waals surface area contributed by atoms with Gasteiger partial charge in [0.2, 0.25) is 0 Å². The van der Waals surface area contributed by atoms with Crippen molar-refractivity contribution in [1.29, 1.82) is 0 Å². The van der Waals surface area contributed by atoms with Crippen LogP contribution < -0.4 is 5.32 Å². The van der Waals surface area contributed by atoms with Crippen molar-refractivity contribution in [1.82, 2.24) is 4.90 Å². The Hall–Kier alpha value is -1.97. The lowest BCUT2D eigenvalue weighted by Gasteiger charge is -2.31. The molecular formula is C18H23N3O4S2. The third kappa shape index (κ3) is 5.27. The molecule has 9 heteroatoms. The summed E-state index contributed by atoms with van der Waals surface area (Å²) in [6.45, 7) is 3.81. The van der Waals surface area contributed by atoms with E-state index in [1.807, 2.05) is 0 Å². The standard InChI is InChI=1S/C18H23N3O4S2/c1-27(24,25)18-11-15(4-5-17(18)21(22)23)19-12-14-6-8-20(9-7-14)13-16-3-2-10-26-16/h2-5,10-11,14,19H,6-9,12-13H2,1H3. The first kappa shape index (κ1) is 19.8. The molecule has 0 atom stereocenters. The number of hydrogen-bond donors (Lipinski definition) is 1. The average Bonchev–Trinajstić information content (AvgIpc) is 3.13. The van der Waals surface area contributed by atoms with E-state index in [0.29, 0.717) is 11.6 Å². The number of rotatable bonds is 7. The molecule has 1 aromatic heterocycles. The Bertz CT molecular complexity index is 889. The minimum atomic E-state index is -3.66. The topological polar surface area (TPSA) is 92.6 Å². The average molecular weight is 410 g/mol. The summed E-state index contributed by atoms with van der Waals surface area (Å²) in [4.78, 5) is 14.0. The second kappa shape index (κ2) is 8.37. The highest BCUT2D eigenvalue weighted by atomic mass is 32.2. The number of nitrogens with one attached hydrogen (secondary N) is 1. The SMILES string of the molecule is CS(=O)(=O)c1cc(NCC2CCN(Cc3cccs3)CC2)ccc1[N+](=O)[O-]. The summed E-state index contributed by atoms with van der Waals surface area (Å²) in [7, 11) is -3.66. The van der Waals surface area contributed by atoms with Gasteiger partial charge < -0.3 is 5.32 Å².